The highest BCUT2D eigenvalue weighted by Crippen LogP contribution is 2.34. The average Bonchev–Trinajstić information content (AvgIpc) is 2.72. The molecule has 0 saturated heterocycles. The number of hydrogen-bond donors (Lipinski definition) is 0. The molecule has 1 aliphatic rings. The first kappa shape index (κ1) is 10.6. The molecule has 0 bridgehead atoms. The van der Waals surface area contributed by atoms with E-state index in [1.807, 2.05) is 25.1 Å². The fourth-order valence-corrected chi connectivity index (χ4v) is 1.57. The lowest BCUT2D eigenvalue weighted by Gasteiger charge is -2.12. The van der Waals surface area contributed by atoms with E-state index >= 15 is 0 Å². The maximum Gasteiger partial charge on any atom is 0.231 e. The van der Waals surface area contributed by atoms with Gasteiger partial charge in [0.25, 0.3) is 0 Å². The first-order valence-corrected chi connectivity index (χ1v) is 5.42. The van der Waals surface area contributed by atoms with Crippen molar-refractivity contribution in [3.8, 4) is 11.5 Å². The smallest absolute Gasteiger partial charge is 0.231 e. The standard InChI is InChI=1S/C11H13ClO3/c1-8(13-5-4-12)9-2-3-10-11(6-9)15-7-14-10/h2-3,6,8H,4-5,7H2,1H3. The van der Waals surface area contributed by atoms with Gasteiger partial charge >= 0.3 is 0 Å². The molecule has 0 N–H and O–H groups in total. The van der Waals surface area contributed by atoms with Crippen LogP contribution in [0.15, 0.2) is 18.2 Å². The van der Waals surface area contributed by atoms with Crippen molar-refractivity contribution in [2.75, 3.05) is 19.3 Å². The zero-order chi connectivity index (χ0) is 10.7. The van der Waals surface area contributed by atoms with E-state index in [0.29, 0.717) is 19.3 Å². The summed E-state index contributed by atoms with van der Waals surface area (Å²) < 4.78 is 16.0. The van der Waals surface area contributed by atoms with Gasteiger partial charge in [0.15, 0.2) is 11.5 Å². The molecule has 1 aliphatic heterocycles. The molecule has 1 unspecified atom stereocenters. The Morgan fingerprint density at radius 2 is 2.20 bits per heavy atom. The topological polar surface area (TPSA) is 27.7 Å². The first-order chi connectivity index (χ1) is 7.31. The number of alkyl halides is 1. The van der Waals surface area contributed by atoms with Crippen LogP contribution in [0.4, 0.5) is 0 Å². The molecule has 1 aromatic rings. The van der Waals surface area contributed by atoms with E-state index < -0.39 is 0 Å². The van der Waals surface area contributed by atoms with Crippen molar-refractivity contribution in [1.82, 2.24) is 0 Å². The Bertz CT molecular complexity index is 341. The summed E-state index contributed by atoms with van der Waals surface area (Å²) in [5, 5.41) is 0. The number of fused-ring (bicyclic) bond motifs is 1. The second kappa shape index (κ2) is 4.73. The van der Waals surface area contributed by atoms with Crippen molar-refractivity contribution < 1.29 is 14.2 Å². The van der Waals surface area contributed by atoms with E-state index in [1.54, 1.807) is 0 Å². The van der Waals surface area contributed by atoms with Crippen molar-refractivity contribution in [2.24, 2.45) is 0 Å². The minimum absolute atomic E-state index is 0.0262. The normalized spacial score (nSPS) is 15.3. The van der Waals surface area contributed by atoms with Gasteiger partial charge in [0, 0.05) is 5.88 Å². The van der Waals surface area contributed by atoms with Crippen molar-refractivity contribution in [2.45, 2.75) is 13.0 Å². The summed E-state index contributed by atoms with van der Waals surface area (Å²) in [6.07, 6.45) is 0.0262. The summed E-state index contributed by atoms with van der Waals surface area (Å²) in [4.78, 5) is 0. The molecular weight excluding hydrogens is 216 g/mol. The van der Waals surface area contributed by atoms with Crippen LogP contribution in [0.2, 0.25) is 0 Å². The molecule has 0 amide bonds. The molecule has 0 saturated carbocycles. The molecule has 15 heavy (non-hydrogen) atoms. The Kier molecular flexibility index (Phi) is 3.34. The monoisotopic (exact) mass is 228 g/mol. The zero-order valence-corrected chi connectivity index (χ0v) is 9.29. The van der Waals surface area contributed by atoms with Crippen molar-refractivity contribution in [1.29, 1.82) is 0 Å². The third-order valence-corrected chi connectivity index (χ3v) is 2.47. The van der Waals surface area contributed by atoms with Crippen LogP contribution in [0.25, 0.3) is 0 Å². The van der Waals surface area contributed by atoms with Gasteiger partial charge in [-0.2, -0.15) is 0 Å². The Labute approximate surface area is 93.9 Å². The molecule has 3 nitrogen and oxygen atoms in total. The summed E-state index contributed by atoms with van der Waals surface area (Å²) in [6.45, 7) is 2.84. The molecule has 2 rings (SSSR count). The molecule has 0 aromatic heterocycles. The Balaban J connectivity index is 2.08. The van der Waals surface area contributed by atoms with E-state index in [-0.39, 0.29) is 6.10 Å². The fourth-order valence-electron chi connectivity index (χ4n) is 1.48. The first-order valence-electron chi connectivity index (χ1n) is 4.88. The molecule has 0 radical (unpaired) electrons. The lowest BCUT2D eigenvalue weighted by Crippen LogP contribution is -2.02. The summed E-state index contributed by atoms with van der Waals surface area (Å²) in [5.41, 5.74) is 1.07. The van der Waals surface area contributed by atoms with Gasteiger partial charge < -0.3 is 14.2 Å². The lowest BCUT2D eigenvalue weighted by atomic mass is 10.1. The molecule has 1 heterocycles. The van der Waals surface area contributed by atoms with Crippen LogP contribution in [0, 0.1) is 0 Å². The minimum Gasteiger partial charge on any atom is -0.454 e. The zero-order valence-electron chi connectivity index (χ0n) is 8.53. The van der Waals surface area contributed by atoms with Gasteiger partial charge in [0.05, 0.1) is 12.7 Å². The fraction of sp³-hybridized carbons (Fsp3) is 0.455. The third-order valence-electron chi connectivity index (χ3n) is 2.31. The molecule has 0 aliphatic carbocycles. The van der Waals surface area contributed by atoms with Gasteiger partial charge in [0.1, 0.15) is 0 Å². The number of ether oxygens (including phenoxy) is 3. The van der Waals surface area contributed by atoms with E-state index in [2.05, 4.69) is 0 Å². The summed E-state index contributed by atoms with van der Waals surface area (Å²) in [7, 11) is 0. The van der Waals surface area contributed by atoms with E-state index in [4.69, 9.17) is 25.8 Å². The lowest BCUT2D eigenvalue weighted by molar-refractivity contribution is 0.0777. The van der Waals surface area contributed by atoms with Gasteiger partial charge in [-0.05, 0) is 24.6 Å². The minimum atomic E-state index is 0.0262. The Hall–Kier alpha value is -0.930. The van der Waals surface area contributed by atoms with Crippen molar-refractivity contribution in [3.05, 3.63) is 23.8 Å². The quantitative estimate of drug-likeness (QED) is 0.742. The largest absolute Gasteiger partial charge is 0.454 e. The molecule has 0 fully saturated rings. The van der Waals surface area contributed by atoms with Crippen molar-refractivity contribution >= 4 is 11.6 Å². The van der Waals surface area contributed by atoms with E-state index in [1.165, 1.54) is 0 Å². The maximum absolute atomic E-state index is 5.56. The second-order valence-corrected chi connectivity index (χ2v) is 3.69. The summed E-state index contributed by atoms with van der Waals surface area (Å²) >= 11 is 5.56. The van der Waals surface area contributed by atoms with Crippen LogP contribution >= 0.6 is 11.6 Å². The molecule has 82 valence electrons. The number of rotatable bonds is 4. The van der Waals surface area contributed by atoms with Gasteiger partial charge in [-0.1, -0.05) is 6.07 Å². The van der Waals surface area contributed by atoms with Crippen LogP contribution in [-0.2, 0) is 4.74 Å². The highest BCUT2D eigenvalue weighted by molar-refractivity contribution is 6.17. The van der Waals surface area contributed by atoms with Gasteiger partial charge in [-0.15, -0.1) is 11.6 Å². The molecule has 4 heteroatoms. The Morgan fingerprint density at radius 3 is 3.00 bits per heavy atom. The highest BCUT2D eigenvalue weighted by Gasteiger charge is 2.15. The van der Waals surface area contributed by atoms with Gasteiger partial charge in [-0.3, -0.25) is 0 Å². The molecular formula is C11H13ClO3. The highest BCUT2D eigenvalue weighted by atomic mass is 35.5. The molecule has 1 aromatic carbocycles. The number of halogens is 1. The van der Waals surface area contributed by atoms with Gasteiger partial charge in [-0.25, -0.2) is 0 Å². The van der Waals surface area contributed by atoms with E-state index in [0.717, 1.165) is 17.1 Å². The number of hydrogen-bond acceptors (Lipinski definition) is 3. The van der Waals surface area contributed by atoms with Crippen LogP contribution < -0.4 is 9.47 Å². The average molecular weight is 229 g/mol. The van der Waals surface area contributed by atoms with E-state index in [9.17, 15) is 0 Å². The predicted octanol–water partition coefficient (Wildman–Crippen LogP) is 2.73. The summed E-state index contributed by atoms with van der Waals surface area (Å²) in [5.74, 6) is 2.09. The van der Waals surface area contributed by atoms with Crippen molar-refractivity contribution in [3.63, 3.8) is 0 Å². The third kappa shape index (κ3) is 2.36. The summed E-state index contributed by atoms with van der Waals surface area (Å²) in [6, 6.07) is 5.83. The second-order valence-electron chi connectivity index (χ2n) is 3.31. The maximum atomic E-state index is 5.56. The van der Waals surface area contributed by atoms with Gasteiger partial charge in [0.2, 0.25) is 6.79 Å². The van der Waals surface area contributed by atoms with Crippen LogP contribution in [0.3, 0.4) is 0 Å². The van der Waals surface area contributed by atoms with Crippen LogP contribution in [-0.4, -0.2) is 19.3 Å². The predicted molar refractivity (Wildman–Crippen MR) is 57.7 cm³/mol. The van der Waals surface area contributed by atoms with Crippen LogP contribution in [0.1, 0.15) is 18.6 Å². The SMILES string of the molecule is CC(OCCCl)c1ccc2c(c1)OCO2. The van der Waals surface area contributed by atoms with Crippen LogP contribution in [0.5, 0.6) is 11.5 Å². The molecule has 0 spiro atoms. The number of benzene rings is 1. The molecule has 1 atom stereocenters. The Morgan fingerprint density at radius 1 is 1.40 bits per heavy atom.